The largest absolute Gasteiger partial charge is 0.323 e. The molecule has 14 heavy (non-hydrogen) atoms. The van der Waals surface area contributed by atoms with Gasteiger partial charge < -0.3 is 5.73 Å². The fraction of sp³-hybridized carbons (Fsp3) is 0.455. The molecule has 2 heterocycles. The lowest BCUT2D eigenvalue weighted by atomic mass is 9.79. The summed E-state index contributed by atoms with van der Waals surface area (Å²) in [4.78, 5) is 1.39. The van der Waals surface area contributed by atoms with E-state index in [2.05, 4.69) is 17.5 Å². The van der Waals surface area contributed by atoms with E-state index in [1.165, 1.54) is 33.5 Å². The van der Waals surface area contributed by atoms with Crippen LogP contribution in [0, 0.1) is 5.92 Å². The van der Waals surface area contributed by atoms with Gasteiger partial charge >= 0.3 is 0 Å². The van der Waals surface area contributed by atoms with Crippen LogP contribution in [-0.2, 0) is 0 Å². The molecular weight excluding hydrogens is 210 g/mol. The minimum absolute atomic E-state index is 0.299. The van der Waals surface area contributed by atoms with Gasteiger partial charge in [-0.05, 0) is 36.3 Å². The predicted octanol–water partition coefficient (Wildman–Crippen LogP) is 3.76. The maximum absolute atomic E-state index is 6.24. The van der Waals surface area contributed by atoms with Crippen molar-refractivity contribution in [3.05, 3.63) is 22.4 Å². The van der Waals surface area contributed by atoms with Crippen molar-refractivity contribution >= 4 is 32.1 Å². The zero-order valence-electron chi connectivity index (χ0n) is 7.90. The van der Waals surface area contributed by atoms with Gasteiger partial charge in [-0.2, -0.15) is 0 Å². The van der Waals surface area contributed by atoms with Crippen LogP contribution in [0.5, 0.6) is 0 Å². The van der Waals surface area contributed by atoms with Crippen molar-refractivity contribution in [3.63, 3.8) is 0 Å². The van der Waals surface area contributed by atoms with Gasteiger partial charge in [0.15, 0.2) is 0 Å². The molecule has 0 aromatic carbocycles. The molecule has 0 spiro atoms. The highest BCUT2D eigenvalue weighted by atomic mass is 32.1. The molecule has 2 aromatic rings. The van der Waals surface area contributed by atoms with Gasteiger partial charge in [0, 0.05) is 20.3 Å². The Labute approximate surface area is 91.6 Å². The van der Waals surface area contributed by atoms with E-state index in [4.69, 9.17) is 5.73 Å². The third kappa shape index (κ3) is 1.31. The summed E-state index contributed by atoms with van der Waals surface area (Å²) >= 11 is 3.69. The second-order valence-corrected chi connectivity index (χ2v) is 6.08. The van der Waals surface area contributed by atoms with Gasteiger partial charge in [0.25, 0.3) is 0 Å². The molecule has 1 aliphatic carbocycles. The van der Waals surface area contributed by atoms with E-state index >= 15 is 0 Å². The van der Waals surface area contributed by atoms with Crippen LogP contribution in [0.3, 0.4) is 0 Å². The Morgan fingerprint density at radius 1 is 1.36 bits per heavy atom. The van der Waals surface area contributed by atoms with Gasteiger partial charge in [0.05, 0.1) is 0 Å². The Balaban J connectivity index is 1.92. The van der Waals surface area contributed by atoms with Crippen molar-refractivity contribution in [2.45, 2.75) is 25.3 Å². The van der Waals surface area contributed by atoms with Crippen LogP contribution in [0.2, 0.25) is 0 Å². The van der Waals surface area contributed by atoms with Gasteiger partial charge in [0.1, 0.15) is 0 Å². The molecule has 1 aliphatic rings. The normalized spacial score (nSPS) is 19.8. The molecule has 0 radical (unpaired) electrons. The summed E-state index contributed by atoms with van der Waals surface area (Å²) in [5, 5.41) is 2.15. The molecule has 0 bridgehead atoms. The van der Waals surface area contributed by atoms with E-state index in [9.17, 15) is 0 Å². The summed E-state index contributed by atoms with van der Waals surface area (Å²) in [5.41, 5.74) is 6.24. The fourth-order valence-corrected chi connectivity index (χ4v) is 4.19. The number of thiophene rings is 2. The molecule has 1 unspecified atom stereocenters. The third-order valence-electron chi connectivity index (χ3n) is 3.14. The maximum Gasteiger partial charge on any atom is 0.0454 e. The van der Waals surface area contributed by atoms with Crippen LogP contribution >= 0.6 is 22.7 Å². The summed E-state index contributed by atoms with van der Waals surface area (Å²) < 4.78 is 2.81. The lowest BCUT2D eigenvalue weighted by Crippen LogP contribution is -2.25. The van der Waals surface area contributed by atoms with Crippen LogP contribution in [0.15, 0.2) is 17.5 Å². The number of rotatable bonds is 2. The molecule has 0 amide bonds. The highest BCUT2D eigenvalue weighted by molar-refractivity contribution is 7.26. The molecule has 1 saturated carbocycles. The lowest BCUT2D eigenvalue weighted by Gasteiger charge is -2.30. The molecule has 1 fully saturated rings. The van der Waals surface area contributed by atoms with Crippen molar-refractivity contribution in [2.24, 2.45) is 11.7 Å². The van der Waals surface area contributed by atoms with Gasteiger partial charge in [-0.25, -0.2) is 0 Å². The van der Waals surface area contributed by atoms with Crippen molar-refractivity contribution < 1.29 is 0 Å². The maximum atomic E-state index is 6.24. The number of fused-ring (bicyclic) bond motifs is 1. The first kappa shape index (κ1) is 8.89. The van der Waals surface area contributed by atoms with E-state index in [1.807, 2.05) is 22.7 Å². The van der Waals surface area contributed by atoms with E-state index < -0.39 is 0 Å². The zero-order chi connectivity index (χ0) is 9.54. The highest BCUT2D eigenvalue weighted by Crippen LogP contribution is 2.41. The topological polar surface area (TPSA) is 26.0 Å². The Kier molecular flexibility index (Phi) is 2.11. The molecule has 0 saturated heterocycles. The number of hydrogen-bond donors (Lipinski definition) is 1. The monoisotopic (exact) mass is 223 g/mol. The van der Waals surface area contributed by atoms with Crippen molar-refractivity contribution in [1.29, 1.82) is 0 Å². The molecule has 1 nitrogen and oxygen atoms in total. The lowest BCUT2D eigenvalue weighted by molar-refractivity contribution is 0.267. The second-order valence-electron chi connectivity index (χ2n) is 4.01. The number of nitrogens with two attached hydrogens (primary N) is 1. The van der Waals surface area contributed by atoms with Crippen molar-refractivity contribution in [2.75, 3.05) is 0 Å². The summed E-state index contributed by atoms with van der Waals surface area (Å²) in [6, 6.07) is 4.78. The van der Waals surface area contributed by atoms with E-state index in [-0.39, 0.29) is 0 Å². The molecular formula is C11H13NS2. The van der Waals surface area contributed by atoms with Crippen molar-refractivity contribution in [1.82, 2.24) is 0 Å². The SMILES string of the molecule is NC(c1cc2sccc2s1)C1CCC1. The van der Waals surface area contributed by atoms with Crippen LogP contribution in [-0.4, -0.2) is 0 Å². The first-order valence-electron chi connectivity index (χ1n) is 5.07. The second kappa shape index (κ2) is 3.33. The molecule has 2 aromatic heterocycles. The third-order valence-corrected chi connectivity index (χ3v) is 5.34. The van der Waals surface area contributed by atoms with E-state index in [0.717, 1.165) is 5.92 Å². The summed E-state index contributed by atoms with van der Waals surface area (Å²) in [5.74, 6) is 0.753. The van der Waals surface area contributed by atoms with Crippen LogP contribution in [0.4, 0.5) is 0 Å². The standard InChI is InChI=1S/C11H13NS2/c12-11(7-2-1-3-7)10-6-9-8(14-10)4-5-13-9/h4-7,11H,1-3,12H2. The van der Waals surface area contributed by atoms with Crippen LogP contribution in [0.1, 0.15) is 30.2 Å². The van der Waals surface area contributed by atoms with Crippen molar-refractivity contribution in [3.8, 4) is 0 Å². The van der Waals surface area contributed by atoms with Gasteiger partial charge in [-0.15, -0.1) is 22.7 Å². The summed E-state index contributed by atoms with van der Waals surface area (Å²) in [6.45, 7) is 0. The minimum atomic E-state index is 0.299. The molecule has 1 atom stereocenters. The highest BCUT2D eigenvalue weighted by Gasteiger charge is 2.26. The predicted molar refractivity (Wildman–Crippen MR) is 64.0 cm³/mol. The fourth-order valence-electron chi connectivity index (χ4n) is 1.98. The smallest absolute Gasteiger partial charge is 0.0454 e. The molecule has 74 valence electrons. The summed E-state index contributed by atoms with van der Waals surface area (Å²) in [7, 11) is 0. The average molecular weight is 223 g/mol. The minimum Gasteiger partial charge on any atom is -0.323 e. The Morgan fingerprint density at radius 2 is 2.21 bits per heavy atom. The Hall–Kier alpha value is -0.380. The van der Waals surface area contributed by atoms with Gasteiger partial charge in [-0.1, -0.05) is 6.42 Å². The van der Waals surface area contributed by atoms with Crippen LogP contribution in [0.25, 0.3) is 9.40 Å². The quantitative estimate of drug-likeness (QED) is 0.824. The van der Waals surface area contributed by atoms with Crippen LogP contribution < -0.4 is 5.73 Å². The van der Waals surface area contributed by atoms with Gasteiger partial charge in [0.2, 0.25) is 0 Å². The Bertz CT molecular complexity index is 410. The average Bonchev–Trinajstić information content (AvgIpc) is 2.56. The molecule has 2 N–H and O–H groups in total. The summed E-state index contributed by atoms with van der Waals surface area (Å²) in [6.07, 6.45) is 4.03. The molecule has 3 rings (SSSR count). The molecule has 3 heteroatoms. The van der Waals surface area contributed by atoms with Gasteiger partial charge in [-0.3, -0.25) is 0 Å². The Morgan fingerprint density at radius 3 is 2.86 bits per heavy atom. The number of hydrogen-bond acceptors (Lipinski definition) is 3. The van der Waals surface area contributed by atoms with E-state index in [0.29, 0.717) is 6.04 Å². The molecule has 0 aliphatic heterocycles. The zero-order valence-corrected chi connectivity index (χ0v) is 9.53. The first-order valence-corrected chi connectivity index (χ1v) is 6.77. The van der Waals surface area contributed by atoms with E-state index in [1.54, 1.807) is 0 Å². The first-order chi connectivity index (χ1) is 6.84.